The van der Waals surface area contributed by atoms with E-state index in [4.69, 9.17) is 11.5 Å². The van der Waals surface area contributed by atoms with Crippen LogP contribution in [0.5, 0.6) is 0 Å². The molecular weight excluding hydrogens is 102 g/mol. The molecule has 0 heterocycles. The maximum atomic E-state index is 5.18. The first-order valence-electron chi connectivity index (χ1n) is 2.70. The second-order valence-electron chi connectivity index (χ2n) is 1.38. The van der Waals surface area contributed by atoms with Crippen molar-refractivity contribution in [3.63, 3.8) is 0 Å². The Balaban J connectivity index is 2.80. The Morgan fingerprint density at radius 2 is 2.12 bits per heavy atom. The van der Waals surface area contributed by atoms with Gasteiger partial charge >= 0.3 is 0 Å². The van der Waals surface area contributed by atoms with Crippen LogP contribution in [0.2, 0.25) is 0 Å². The average molecular weight is 115 g/mol. The summed E-state index contributed by atoms with van der Waals surface area (Å²) in [5.41, 5.74) is 10.3. The van der Waals surface area contributed by atoms with E-state index in [1.54, 1.807) is 0 Å². The van der Waals surface area contributed by atoms with Gasteiger partial charge in [-0.2, -0.15) is 0 Å². The molecule has 8 heavy (non-hydrogen) atoms. The van der Waals surface area contributed by atoms with Gasteiger partial charge in [0.2, 0.25) is 0 Å². The van der Waals surface area contributed by atoms with Gasteiger partial charge in [-0.05, 0) is 6.20 Å². The molecule has 0 aliphatic heterocycles. The van der Waals surface area contributed by atoms with Crippen molar-refractivity contribution in [1.29, 1.82) is 0 Å². The molecule has 0 aromatic carbocycles. The second kappa shape index (κ2) is 6.46. The quantitative estimate of drug-likeness (QED) is 0.412. The van der Waals surface area contributed by atoms with Gasteiger partial charge in [0.05, 0.1) is 0 Å². The summed E-state index contributed by atoms with van der Waals surface area (Å²) in [6.45, 7) is 2.06. The number of rotatable bonds is 4. The fourth-order valence-electron chi connectivity index (χ4n) is 0.318. The molecule has 0 spiro atoms. The average Bonchev–Trinajstić information content (AvgIpc) is 1.81. The number of nitrogens with two attached hydrogens (primary N) is 2. The minimum atomic E-state index is 0.581. The fourth-order valence-corrected chi connectivity index (χ4v) is 0.318. The third-order valence-electron chi connectivity index (χ3n) is 0.660. The van der Waals surface area contributed by atoms with Gasteiger partial charge in [-0.3, -0.25) is 0 Å². The van der Waals surface area contributed by atoms with Gasteiger partial charge < -0.3 is 16.8 Å². The van der Waals surface area contributed by atoms with Gasteiger partial charge in [0.25, 0.3) is 0 Å². The number of nitrogens with one attached hydrogen (secondary N) is 1. The lowest BCUT2D eigenvalue weighted by Crippen LogP contribution is -2.17. The van der Waals surface area contributed by atoms with Crippen molar-refractivity contribution in [2.45, 2.75) is 0 Å². The Hall–Kier alpha value is -0.540. The first-order valence-corrected chi connectivity index (χ1v) is 2.70. The molecule has 0 aromatic rings. The van der Waals surface area contributed by atoms with Crippen LogP contribution in [0.4, 0.5) is 0 Å². The van der Waals surface area contributed by atoms with Crippen molar-refractivity contribution < 1.29 is 0 Å². The standard InChI is InChI=1S/C5H13N3/c6-2-1-4-8-5-3-7/h1,4,8H,2-3,5-7H2. The van der Waals surface area contributed by atoms with Crippen molar-refractivity contribution in [1.82, 2.24) is 5.32 Å². The molecule has 0 atom stereocenters. The summed E-state index contributed by atoms with van der Waals surface area (Å²) in [6, 6.07) is 0. The van der Waals surface area contributed by atoms with E-state index in [-0.39, 0.29) is 0 Å². The van der Waals surface area contributed by atoms with Gasteiger partial charge in [-0.15, -0.1) is 0 Å². The summed E-state index contributed by atoms with van der Waals surface area (Å²) in [4.78, 5) is 0. The van der Waals surface area contributed by atoms with Crippen LogP contribution in [0, 0.1) is 0 Å². The molecule has 48 valence electrons. The lowest BCUT2D eigenvalue weighted by Gasteiger charge is -1.92. The van der Waals surface area contributed by atoms with Crippen molar-refractivity contribution in [2.24, 2.45) is 11.5 Å². The zero-order valence-electron chi connectivity index (χ0n) is 4.93. The third-order valence-corrected chi connectivity index (χ3v) is 0.660. The molecule has 0 radical (unpaired) electrons. The third kappa shape index (κ3) is 5.46. The van der Waals surface area contributed by atoms with E-state index in [1.165, 1.54) is 0 Å². The van der Waals surface area contributed by atoms with E-state index >= 15 is 0 Å². The summed E-state index contributed by atoms with van der Waals surface area (Å²) in [6.07, 6.45) is 3.66. The van der Waals surface area contributed by atoms with E-state index in [1.807, 2.05) is 12.3 Å². The van der Waals surface area contributed by atoms with Crippen LogP contribution in [0.1, 0.15) is 0 Å². The van der Waals surface area contributed by atoms with Gasteiger partial charge in [0.15, 0.2) is 0 Å². The minimum absolute atomic E-state index is 0.581. The van der Waals surface area contributed by atoms with Crippen molar-refractivity contribution >= 4 is 0 Å². The monoisotopic (exact) mass is 115 g/mol. The van der Waals surface area contributed by atoms with E-state index in [0.717, 1.165) is 6.54 Å². The highest BCUT2D eigenvalue weighted by molar-refractivity contribution is 4.79. The number of hydrogen-bond acceptors (Lipinski definition) is 3. The van der Waals surface area contributed by atoms with Crippen LogP contribution in [0.25, 0.3) is 0 Å². The van der Waals surface area contributed by atoms with E-state index in [2.05, 4.69) is 5.32 Å². The van der Waals surface area contributed by atoms with Crippen LogP contribution in [-0.4, -0.2) is 19.6 Å². The largest absolute Gasteiger partial charge is 0.390 e. The van der Waals surface area contributed by atoms with Crippen LogP contribution < -0.4 is 16.8 Å². The van der Waals surface area contributed by atoms with Crippen LogP contribution >= 0.6 is 0 Å². The van der Waals surface area contributed by atoms with E-state index in [9.17, 15) is 0 Å². The minimum Gasteiger partial charge on any atom is -0.390 e. The van der Waals surface area contributed by atoms with Crippen molar-refractivity contribution in [2.75, 3.05) is 19.6 Å². The van der Waals surface area contributed by atoms with Crippen LogP contribution in [-0.2, 0) is 0 Å². The highest BCUT2D eigenvalue weighted by atomic mass is 14.8. The summed E-state index contributed by atoms with van der Waals surface area (Å²) in [5.74, 6) is 0. The topological polar surface area (TPSA) is 64.1 Å². The Morgan fingerprint density at radius 1 is 1.38 bits per heavy atom. The van der Waals surface area contributed by atoms with E-state index in [0.29, 0.717) is 13.1 Å². The maximum Gasteiger partial charge on any atom is 0.0264 e. The molecule has 0 bridgehead atoms. The molecule has 5 N–H and O–H groups in total. The second-order valence-corrected chi connectivity index (χ2v) is 1.38. The normalized spacial score (nSPS) is 10.2. The predicted octanol–water partition coefficient (Wildman–Crippen LogP) is -0.993. The van der Waals surface area contributed by atoms with Gasteiger partial charge in [-0.1, -0.05) is 6.08 Å². The molecule has 0 fully saturated rings. The van der Waals surface area contributed by atoms with E-state index < -0.39 is 0 Å². The molecule has 0 aliphatic carbocycles. The summed E-state index contributed by atoms with van der Waals surface area (Å²) in [7, 11) is 0. The van der Waals surface area contributed by atoms with Crippen LogP contribution in [0.15, 0.2) is 12.3 Å². The summed E-state index contributed by atoms with van der Waals surface area (Å²) < 4.78 is 0. The lowest BCUT2D eigenvalue weighted by molar-refractivity contribution is 0.839. The van der Waals surface area contributed by atoms with Crippen molar-refractivity contribution in [3.05, 3.63) is 12.3 Å². The number of hydrogen-bond donors (Lipinski definition) is 3. The Bertz CT molecular complexity index is 60.7. The molecule has 0 saturated heterocycles. The smallest absolute Gasteiger partial charge is 0.0264 e. The molecular formula is C5H13N3. The maximum absolute atomic E-state index is 5.18. The fraction of sp³-hybridized carbons (Fsp3) is 0.600. The molecule has 0 rings (SSSR count). The zero-order chi connectivity index (χ0) is 6.24. The first kappa shape index (κ1) is 7.46. The molecule has 3 nitrogen and oxygen atoms in total. The zero-order valence-corrected chi connectivity index (χ0v) is 4.93. The Kier molecular flexibility index (Phi) is 6.02. The first-order chi connectivity index (χ1) is 3.91. The Labute approximate surface area is 49.7 Å². The Morgan fingerprint density at radius 3 is 2.62 bits per heavy atom. The van der Waals surface area contributed by atoms with Crippen molar-refractivity contribution in [3.8, 4) is 0 Å². The molecule has 0 aromatic heterocycles. The lowest BCUT2D eigenvalue weighted by atomic mass is 10.6. The SMILES string of the molecule is NCC=CNCCN. The molecule has 3 heteroatoms. The summed E-state index contributed by atoms with van der Waals surface area (Å²) >= 11 is 0. The highest BCUT2D eigenvalue weighted by Crippen LogP contribution is 1.59. The molecule has 0 amide bonds. The summed E-state index contributed by atoms with van der Waals surface area (Å²) in [5, 5.41) is 2.95. The van der Waals surface area contributed by atoms with Gasteiger partial charge in [0, 0.05) is 19.6 Å². The molecule has 0 saturated carbocycles. The molecule has 0 unspecified atom stereocenters. The van der Waals surface area contributed by atoms with Gasteiger partial charge in [0.1, 0.15) is 0 Å². The van der Waals surface area contributed by atoms with Crippen LogP contribution in [0.3, 0.4) is 0 Å². The van der Waals surface area contributed by atoms with Gasteiger partial charge in [-0.25, -0.2) is 0 Å². The molecule has 0 aliphatic rings. The highest BCUT2D eigenvalue weighted by Gasteiger charge is 1.70. The predicted molar refractivity (Wildman–Crippen MR) is 35.3 cm³/mol.